The Hall–Kier alpha value is -1.16. The summed E-state index contributed by atoms with van der Waals surface area (Å²) in [5.74, 6) is 0.859. The van der Waals surface area contributed by atoms with Crippen molar-refractivity contribution in [1.82, 2.24) is 4.98 Å². The Morgan fingerprint density at radius 2 is 2.07 bits per heavy atom. The van der Waals surface area contributed by atoms with Crippen molar-refractivity contribution in [2.75, 3.05) is 11.9 Å². The molecule has 1 aromatic rings. The summed E-state index contributed by atoms with van der Waals surface area (Å²) in [5.41, 5.74) is 7.48. The number of anilines is 1. The largest absolute Gasteiger partial charge is 0.389 e. The molecule has 1 rings (SSSR count). The minimum absolute atomic E-state index is 0.368. The summed E-state index contributed by atoms with van der Waals surface area (Å²) in [4.78, 5) is 6.94. The van der Waals surface area contributed by atoms with Gasteiger partial charge < -0.3 is 10.6 Å². The van der Waals surface area contributed by atoms with Crippen molar-refractivity contribution in [2.24, 2.45) is 5.73 Å². The van der Waals surface area contributed by atoms with Crippen LogP contribution in [-0.2, 0) is 0 Å². The lowest BCUT2D eigenvalue weighted by Crippen LogP contribution is -2.29. The maximum Gasteiger partial charge on any atom is 0.139 e. The molecule has 3 nitrogen and oxygen atoms in total. The summed E-state index contributed by atoms with van der Waals surface area (Å²) in [7, 11) is 1.99. The van der Waals surface area contributed by atoms with Gasteiger partial charge in [0.15, 0.2) is 0 Å². The molecule has 0 radical (unpaired) electrons. The Labute approximate surface area is 96.3 Å². The lowest BCUT2D eigenvalue weighted by Gasteiger charge is -2.25. The van der Waals surface area contributed by atoms with E-state index in [-0.39, 0.29) is 0 Å². The molecule has 0 fully saturated rings. The van der Waals surface area contributed by atoms with Gasteiger partial charge in [-0.3, -0.25) is 0 Å². The van der Waals surface area contributed by atoms with Crippen LogP contribution in [-0.4, -0.2) is 23.1 Å². The van der Waals surface area contributed by atoms with Gasteiger partial charge in [0.1, 0.15) is 10.8 Å². The van der Waals surface area contributed by atoms with Crippen LogP contribution >= 0.6 is 12.2 Å². The Bertz CT molecular complexity index is 374. The molecule has 0 aromatic carbocycles. The zero-order valence-electron chi connectivity index (χ0n) is 9.61. The van der Waals surface area contributed by atoms with Crippen molar-refractivity contribution in [2.45, 2.75) is 26.8 Å². The Morgan fingerprint density at radius 3 is 2.53 bits per heavy atom. The van der Waals surface area contributed by atoms with Crippen molar-refractivity contribution in [3.8, 4) is 0 Å². The number of rotatable bonds is 3. The van der Waals surface area contributed by atoms with Crippen LogP contribution in [0.3, 0.4) is 0 Å². The van der Waals surface area contributed by atoms with E-state index >= 15 is 0 Å². The van der Waals surface area contributed by atoms with Crippen LogP contribution in [0.1, 0.15) is 25.1 Å². The van der Waals surface area contributed by atoms with Crippen LogP contribution in [0.25, 0.3) is 0 Å². The van der Waals surface area contributed by atoms with E-state index in [0.29, 0.717) is 11.0 Å². The van der Waals surface area contributed by atoms with E-state index in [1.807, 2.05) is 26.1 Å². The van der Waals surface area contributed by atoms with E-state index in [1.54, 1.807) is 0 Å². The molecule has 0 aliphatic rings. The second-order valence-electron chi connectivity index (χ2n) is 3.89. The van der Waals surface area contributed by atoms with E-state index in [0.717, 1.165) is 17.1 Å². The molecule has 4 heteroatoms. The van der Waals surface area contributed by atoms with Gasteiger partial charge in [-0.15, -0.1) is 0 Å². The molecule has 0 saturated carbocycles. The average Bonchev–Trinajstić information content (AvgIpc) is 2.15. The van der Waals surface area contributed by atoms with E-state index < -0.39 is 0 Å². The molecular weight excluding hydrogens is 206 g/mol. The third kappa shape index (κ3) is 2.65. The molecule has 1 heterocycles. The molecule has 0 unspecified atom stereocenters. The van der Waals surface area contributed by atoms with Gasteiger partial charge in [-0.2, -0.15) is 0 Å². The Balaban J connectivity index is 3.24. The van der Waals surface area contributed by atoms with Gasteiger partial charge in [-0.1, -0.05) is 12.2 Å². The number of nitrogens with zero attached hydrogens (tertiary/aromatic N) is 2. The fourth-order valence-corrected chi connectivity index (χ4v) is 1.41. The normalized spacial score (nSPS) is 10.5. The predicted molar refractivity (Wildman–Crippen MR) is 68.4 cm³/mol. The standard InChI is InChI=1S/C11H17N3S/c1-7(2)14(4)11-9(10(12)15)6-5-8(3)13-11/h5-7H,1-4H3,(H2,12,15). The van der Waals surface area contributed by atoms with E-state index in [2.05, 4.69) is 23.7 Å². The van der Waals surface area contributed by atoms with Crippen LogP contribution < -0.4 is 10.6 Å². The highest BCUT2D eigenvalue weighted by Gasteiger charge is 2.13. The number of aromatic nitrogens is 1. The molecule has 0 atom stereocenters. The van der Waals surface area contributed by atoms with E-state index in [1.165, 1.54) is 0 Å². The van der Waals surface area contributed by atoms with Gasteiger partial charge in [-0.05, 0) is 32.9 Å². The fraction of sp³-hybridized carbons (Fsp3) is 0.455. The van der Waals surface area contributed by atoms with Gasteiger partial charge in [0, 0.05) is 18.8 Å². The topological polar surface area (TPSA) is 42.1 Å². The smallest absolute Gasteiger partial charge is 0.139 e. The van der Waals surface area contributed by atoms with Crippen LogP contribution in [0.2, 0.25) is 0 Å². The Morgan fingerprint density at radius 1 is 1.47 bits per heavy atom. The summed E-state index contributed by atoms with van der Waals surface area (Å²) in [6.07, 6.45) is 0. The van der Waals surface area contributed by atoms with E-state index in [9.17, 15) is 0 Å². The lowest BCUT2D eigenvalue weighted by atomic mass is 10.2. The molecule has 0 bridgehead atoms. The zero-order valence-corrected chi connectivity index (χ0v) is 10.4. The number of nitrogens with two attached hydrogens (primary N) is 1. The maximum absolute atomic E-state index is 5.67. The molecule has 0 aliphatic heterocycles. The van der Waals surface area contributed by atoms with Crippen LogP contribution in [0.15, 0.2) is 12.1 Å². The first-order valence-electron chi connectivity index (χ1n) is 4.93. The first-order valence-corrected chi connectivity index (χ1v) is 5.34. The number of pyridine rings is 1. The minimum Gasteiger partial charge on any atom is -0.389 e. The summed E-state index contributed by atoms with van der Waals surface area (Å²) in [6, 6.07) is 4.22. The molecule has 1 aromatic heterocycles. The van der Waals surface area contributed by atoms with Crippen LogP contribution in [0.4, 0.5) is 5.82 Å². The number of hydrogen-bond acceptors (Lipinski definition) is 3. The number of hydrogen-bond donors (Lipinski definition) is 1. The zero-order chi connectivity index (χ0) is 11.6. The monoisotopic (exact) mass is 223 g/mol. The summed E-state index contributed by atoms with van der Waals surface area (Å²) >= 11 is 5.01. The third-order valence-electron chi connectivity index (χ3n) is 2.39. The van der Waals surface area contributed by atoms with Crippen LogP contribution in [0, 0.1) is 6.92 Å². The highest BCUT2D eigenvalue weighted by molar-refractivity contribution is 7.80. The SMILES string of the molecule is Cc1ccc(C(N)=S)c(N(C)C(C)C)n1. The second-order valence-corrected chi connectivity index (χ2v) is 4.33. The third-order valence-corrected chi connectivity index (χ3v) is 2.61. The first-order chi connectivity index (χ1) is 6.93. The maximum atomic E-state index is 5.67. The van der Waals surface area contributed by atoms with Crippen molar-refractivity contribution in [3.05, 3.63) is 23.4 Å². The average molecular weight is 223 g/mol. The first kappa shape index (κ1) is 11.9. The highest BCUT2D eigenvalue weighted by atomic mass is 32.1. The predicted octanol–water partition coefficient (Wildman–Crippen LogP) is 1.87. The van der Waals surface area contributed by atoms with Gasteiger partial charge in [0.25, 0.3) is 0 Å². The number of aryl methyl sites for hydroxylation is 1. The molecule has 0 spiro atoms. The summed E-state index contributed by atoms with van der Waals surface area (Å²) in [5, 5.41) is 0. The molecule has 2 N–H and O–H groups in total. The summed E-state index contributed by atoms with van der Waals surface area (Å²) < 4.78 is 0. The molecule has 15 heavy (non-hydrogen) atoms. The molecular formula is C11H17N3S. The molecule has 82 valence electrons. The highest BCUT2D eigenvalue weighted by Crippen LogP contribution is 2.19. The van der Waals surface area contributed by atoms with E-state index in [4.69, 9.17) is 18.0 Å². The van der Waals surface area contributed by atoms with Crippen molar-refractivity contribution < 1.29 is 0 Å². The van der Waals surface area contributed by atoms with Gasteiger partial charge in [0.2, 0.25) is 0 Å². The number of thiocarbonyl (C=S) groups is 1. The van der Waals surface area contributed by atoms with Crippen LogP contribution in [0.5, 0.6) is 0 Å². The van der Waals surface area contributed by atoms with Gasteiger partial charge >= 0.3 is 0 Å². The quantitative estimate of drug-likeness (QED) is 0.794. The van der Waals surface area contributed by atoms with Crippen molar-refractivity contribution in [3.63, 3.8) is 0 Å². The van der Waals surface area contributed by atoms with Gasteiger partial charge in [0.05, 0.1) is 5.56 Å². The summed E-state index contributed by atoms with van der Waals surface area (Å²) in [6.45, 7) is 6.17. The molecule has 0 aliphatic carbocycles. The molecule has 0 amide bonds. The van der Waals surface area contributed by atoms with Crippen molar-refractivity contribution in [1.29, 1.82) is 0 Å². The van der Waals surface area contributed by atoms with Crippen molar-refractivity contribution >= 4 is 23.0 Å². The second kappa shape index (κ2) is 4.57. The molecule has 0 saturated heterocycles. The Kier molecular flexibility index (Phi) is 3.63. The van der Waals surface area contributed by atoms with Gasteiger partial charge in [-0.25, -0.2) is 4.98 Å². The minimum atomic E-state index is 0.368. The fourth-order valence-electron chi connectivity index (χ4n) is 1.25. The lowest BCUT2D eigenvalue weighted by molar-refractivity contribution is 0.741.